The minimum absolute atomic E-state index is 0.337. The number of aryl methyl sites for hydroxylation is 1. The number of sulfonamides is 1. The van der Waals surface area contributed by atoms with Crippen molar-refractivity contribution in [3.63, 3.8) is 0 Å². The summed E-state index contributed by atoms with van der Waals surface area (Å²) < 4.78 is 28.4. The first kappa shape index (κ1) is 16.4. The van der Waals surface area contributed by atoms with Gasteiger partial charge in [0.2, 0.25) is 0 Å². The number of thiophene rings is 2. The Morgan fingerprint density at radius 2 is 1.70 bits per heavy atom. The highest BCUT2D eigenvalue weighted by atomic mass is 32.2. The monoisotopic (exact) mass is 363 g/mol. The predicted octanol–water partition coefficient (Wildman–Crippen LogP) is 4.44. The molecule has 1 atom stereocenters. The summed E-state index contributed by atoms with van der Waals surface area (Å²) in [7, 11) is -3.53. The van der Waals surface area contributed by atoms with Crippen LogP contribution < -0.4 is 4.72 Å². The quantitative estimate of drug-likeness (QED) is 0.704. The van der Waals surface area contributed by atoms with Crippen molar-refractivity contribution < 1.29 is 8.42 Å². The molecule has 0 unspecified atom stereocenters. The van der Waals surface area contributed by atoms with Gasteiger partial charge in [0, 0.05) is 4.88 Å². The molecule has 0 saturated carbocycles. The lowest BCUT2D eigenvalue weighted by Gasteiger charge is -2.18. The van der Waals surface area contributed by atoms with E-state index in [0.29, 0.717) is 4.21 Å². The molecule has 1 N–H and O–H groups in total. The molecule has 2 heterocycles. The first-order valence-electron chi connectivity index (χ1n) is 7.28. The third-order valence-electron chi connectivity index (χ3n) is 3.58. The Bertz CT molecular complexity index is 836. The van der Waals surface area contributed by atoms with Gasteiger partial charge in [-0.3, -0.25) is 0 Å². The van der Waals surface area contributed by atoms with Gasteiger partial charge < -0.3 is 0 Å². The first-order valence-corrected chi connectivity index (χ1v) is 10.5. The second-order valence-electron chi connectivity index (χ2n) is 5.10. The Morgan fingerprint density at radius 3 is 2.26 bits per heavy atom. The van der Waals surface area contributed by atoms with Crippen molar-refractivity contribution in [1.29, 1.82) is 0 Å². The Kier molecular flexibility index (Phi) is 4.96. The van der Waals surface area contributed by atoms with Gasteiger partial charge >= 0.3 is 0 Å². The van der Waals surface area contributed by atoms with E-state index in [9.17, 15) is 8.42 Å². The third kappa shape index (κ3) is 3.72. The van der Waals surface area contributed by atoms with Crippen molar-refractivity contribution in [1.82, 2.24) is 4.72 Å². The highest BCUT2D eigenvalue weighted by Gasteiger charge is 2.24. The van der Waals surface area contributed by atoms with E-state index in [1.165, 1.54) is 16.9 Å². The third-order valence-corrected chi connectivity index (χ3v) is 7.34. The lowest BCUT2D eigenvalue weighted by Crippen LogP contribution is -2.28. The zero-order valence-electron chi connectivity index (χ0n) is 12.6. The van der Waals surface area contributed by atoms with Crippen molar-refractivity contribution in [2.24, 2.45) is 0 Å². The van der Waals surface area contributed by atoms with Crippen LogP contribution in [0.5, 0.6) is 0 Å². The van der Waals surface area contributed by atoms with Crippen molar-refractivity contribution in [2.75, 3.05) is 0 Å². The Morgan fingerprint density at radius 1 is 1.00 bits per heavy atom. The van der Waals surface area contributed by atoms with Crippen molar-refractivity contribution >= 4 is 32.7 Å². The molecule has 3 rings (SSSR count). The smallest absolute Gasteiger partial charge is 0.206 e. The van der Waals surface area contributed by atoms with Crippen LogP contribution in [-0.4, -0.2) is 8.42 Å². The van der Waals surface area contributed by atoms with Gasteiger partial charge in [-0.2, -0.15) is 4.72 Å². The van der Waals surface area contributed by atoms with E-state index in [1.54, 1.807) is 28.8 Å². The molecule has 0 aliphatic rings. The number of benzene rings is 1. The van der Waals surface area contributed by atoms with Gasteiger partial charge in [0.25, 0.3) is 10.0 Å². The molecular formula is C17H17NO2S3. The summed E-state index contributed by atoms with van der Waals surface area (Å²) >= 11 is 2.77. The molecule has 0 radical (unpaired) electrons. The minimum Gasteiger partial charge on any atom is -0.206 e. The highest BCUT2D eigenvalue weighted by Crippen LogP contribution is 2.29. The second kappa shape index (κ2) is 6.97. The molecule has 0 saturated heterocycles. The lowest BCUT2D eigenvalue weighted by molar-refractivity contribution is 0.575. The van der Waals surface area contributed by atoms with Crippen LogP contribution in [0.3, 0.4) is 0 Å². The Balaban J connectivity index is 1.96. The van der Waals surface area contributed by atoms with E-state index in [4.69, 9.17) is 0 Å². The summed E-state index contributed by atoms with van der Waals surface area (Å²) in [4.78, 5) is 0.981. The number of hydrogen-bond donors (Lipinski definition) is 1. The molecule has 0 spiro atoms. The maximum atomic E-state index is 12.6. The molecule has 2 aromatic heterocycles. The minimum atomic E-state index is -3.53. The molecule has 0 aliphatic carbocycles. The number of rotatable bonds is 6. The molecule has 0 bridgehead atoms. The van der Waals surface area contributed by atoms with Gasteiger partial charge in [-0.05, 0) is 40.4 Å². The first-order chi connectivity index (χ1) is 11.1. The number of hydrogen-bond acceptors (Lipinski definition) is 4. The Hall–Kier alpha value is -1.47. The summed E-state index contributed by atoms with van der Waals surface area (Å²) in [5.41, 5.74) is 2.18. The summed E-state index contributed by atoms with van der Waals surface area (Å²) in [6, 6.07) is 15.0. The summed E-state index contributed by atoms with van der Waals surface area (Å²) in [5, 5.41) is 3.73. The van der Waals surface area contributed by atoms with Gasteiger partial charge in [-0.15, -0.1) is 22.7 Å². The zero-order chi connectivity index (χ0) is 16.3. The van der Waals surface area contributed by atoms with Crippen LogP contribution in [0.2, 0.25) is 0 Å². The summed E-state index contributed by atoms with van der Waals surface area (Å²) in [6.45, 7) is 2.10. The highest BCUT2D eigenvalue weighted by molar-refractivity contribution is 7.91. The van der Waals surface area contributed by atoms with E-state index in [1.807, 2.05) is 29.6 Å². The van der Waals surface area contributed by atoms with Gasteiger partial charge in [0.15, 0.2) is 0 Å². The van der Waals surface area contributed by atoms with Gasteiger partial charge in [-0.25, -0.2) is 8.42 Å². The molecule has 3 nitrogen and oxygen atoms in total. The molecule has 0 amide bonds. The normalized spacial score (nSPS) is 13.1. The molecule has 3 aromatic rings. The average Bonchev–Trinajstić information content (AvgIpc) is 3.26. The topological polar surface area (TPSA) is 46.2 Å². The molecule has 0 aliphatic heterocycles. The average molecular weight is 364 g/mol. The van der Waals surface area contributed by atoms with Crippen LogP contribution >= 0.6 is 22.7 Å². The van der Waals surface area contributed by atoms with E-state index in [0.717, 1.165) is 16.9 Å². The van der Waals surface area contributed by atoms with Gasteiger partial charge in [0.05, 0.1) is 6.04 Å². The molecule has 1 aromatic carbocycles. The van der Waals surface area contributed by atoms with Crippen LogP contribution in [0.15, 0.2) is 63.5 Å². The fraction of sp³-hybridized carbons (Fsp3) is 0.176. The van der Waals surface area contributed by atoms with Crippen molar-refractivity contribution in [3.8, 4) is 0 Å². The van der Waals surface area contributed by atoms with Crippen LogP contribution in [-0.2, 0) is 16.4 Å². The summed E-state index contributed by atoms with van der Waals surface area (Å²) in [6.07, 6.45) is 0.963. The van der Waals surface area contributed by atoms with Crippen LogP contribution in [0.1, 0.15) is 29.0 Å². The van der Waals surface area contributed by atoms with Crippen LogP contribution in [0.4, 0.5) is 0 Å². The fourth-order valence-electron chi connectivity index (χ4n) is 2.32. The van der Waals surface area contributed by atoms with Crippen LogP contribution in [0, 0.1) is 0 Å². The van der Waals surface area contributed by atoms with Crippen molar-refractivity contribution in [3.05, 3.63) is 75.3 Å². The number of nitrogens with one attached hydrogen (secondary N) is 1. The van der Waals surface area contributed by atoms with E-state index in [2.05, 4.69) is 23.8 Å². The van der Waals surface area contributed by atoms with Gasteiger partial charge in [0.1, 0.15) is 4.21 Å². The SMILES string of the molecule is CCc1ccc([C@@H](NS(=O)(=O)c2cccs2)c2cccs2)cc1. The molecule has 6 heteroatoms. The van der Waals surface area contributed by atoms with E-state index >= 15 is 0 Å². The maximum Gasteiger partial charge on any atom is 0.250 e. The molecule has 120 valence electrons. The second-order valence-corrected chi connectivity index (χ2v) is 8.96. The van der Waals surface area contributed by atoms with Gasteiger partial charge in [-0.1, -0.05) is 43.3 Å². The van der Waals surface area contributed by atoms with E-state index < -0.39 is 10.0 Å². The lowest BCUT2D eigenvalue weighted by atomic mass is 10.0. The molecule has 23 heavy (non-hydrogen) atoms. The Labute approximate surface area is 144 Å². The molecule has 0 fully saturated rings. The van der Waals surface area contributed by atoms with Crippen LogP contribution in [0.25, 0.3) is 0 Å². The molecular weight excluding hydrogens is 346 g/mol. The largest absolute Gasteiger partial charge is 0.250 e. The maximum absolute atomic E-state index is 12.6. The summed E-state index contributed by atoms with van der Waals surface area (Å²) in [5.74, 6) is 0. The fourth-order valence-corrected chi connectivity index (χ4v) is 5.41. The van der Waals surface area contributed by atoms with Crippen molar-refractivity contribution in [2.45, 2.75) is 23.6 Å². The zero-order valence-corrected chi connectivity index (χ0v) is 15.0. The predicted molar refractivity (Wildman–Crippen MR) is 96.6 cm³/mol. The standard InChI is InChI=1S/C17H17NO2S3/c1-2-13-7-9-14(10-8-13)17(15-5-3-11-21-15)18-23(19,20)16-6-4-12-22-16/h3-12,17-18H,2H2,1H3/t17-/m1/s1. The van der Waals surface area contributed by atoms with E-state index in [-0.39, 0.29) is 6.04 Å².